The predicted octanol–water partition coefficient (Wildman–Crippen LogP) is 1.38. The molecule has 4 nitrogen and oxygen atoms in total. The molecule has 0 spiro atoms. The highest BCUT2D eigenvalue weighted by molar-refractivity contribution is 5.95. The average Bonchev–Trinajstić information content (AvgIpc) is 2.62. The summed E-state index contributed by atoms with van der Waals surface area (Å²) in [5.74, 6) is 0.0523. The number of nitrogens with zero attached hydrogens (tertiary/aromatic N) is 2. The fourth-order valence-electron chi connectivity index (χ4n) is 1.65. The average molecular weight is 217 g/mol. The van der Waals surface area contributed by atoms with Gasteiger partial charge in [-0.3, -0.25) is 9.78 Å². The van der Waals surface area contributed by atoms with Gasteiger partial charge in [0.15, 0.2) is 5.78 Å². The number of aromatic nitrogens is 1. The van der Waals surface area contributed by atoms with E-state index in [1.165, 1.54) is 0 Å². The minimum Gasteiger partial charge on any atom is -0.370 e. The molecule has 16 heavy (non-hydrogen) atoms. The Kier molecular flexibility index (Phi) is 2.90. The van der Waals surface area contributed by atoms with Crippen LogP contribution in [0.5, 0.6) is 0 Å². The second-order valence-corrected chi connectivity index (χ2v) is 3.88. The van der Waals surface area contributed by atoms with Crippen LogP contribution in [-0.2, 0) is 0 Å². The minimum atomic E-state index is 0.0523. The van der Waals surface area contributed by atoms with Crippen LogP contribution in [0.3, 0.4) is 0 Å². The van der Waals surface area contributed by atoms with Crippen molar-refractivity contribution in [2.45, 2.75) is 13.8 Å². The van der Waals surface area contributed by atoms with Crippen molar-refractivity contribution < 1.29 is 4.79 Å². The van der Waals surface area contributed by atoms with Crippen LogP contribution in [0, 0.1) is 0 Å². The van der Waals surface area contributed by atoms with Crippen LogP contribution < -0.4 is 5.32 Å². The van der Waals surface area contributed by atoms with E-state index >= 15 is 0 Å². The maximum Gasteiger partial charge on any atom is 0.200 e. The first kappa shape index (κ1) is 10.7. The van der Waals surface area contributed by atoms with Crippen molar-refractivity contribution in [3.05, 3.63) is 41.5 Å². The third-order valence-electron chi connectivity index (χ3n) is 2.84. The zero-order valence-corrected chi connectivity index (χ0v) is 9.53. The number of hydrogen-bond acceptors (Lipinski definition) is 4. The van der Waals surface area contributed by atoms with Crippen LogP contribution in [-0.4, -0.2) is 28.9 Å². The molecule has 0 bridgehead atoms. The Bertz CT molecular complexity index is 425. The zero-order valence-electron chi connectivity index (χ0n) is 9.53. The van der Waals surface area contributed by atoms with Crippen LogP contribution in [0.25, 0.3) is 0 Å². The van der Waals surface area contributed by atoms with E-state index in [1.54, 1.807) is 12.3 Å². The first-order chi connectivity index (χ1) is 7.68. The van der Waals surface area contributed by atoms with Gasteiger partial charge in [-0.15, -0.1) is 0 Å². The normalized spacial score (nSPS) is 15.2. The third-order valence-corrected chi connectivity index (χ3v) is 2.84. The number of ketones is 1. The molecule has 4 heteroatoms. The number of hydrogen-bond donors (Lipinski definition) is 1. The lowest BCUT2D eigenvalue weighted by Crippen LogP contribution is -2.29. The Morgan fingerprint density at radius 3 is 2.88 bits per heavy atom. The van der Waals surface area contributed by atoms with Gasteiger partial charge < -0.3 is 10.2 Å². The lowest BCUT2D eigenvalue weighted by atomic mass is 10.2. The second-order valence-electron chi connectivity index (χ2n) is 3.88. The number of carbonyl (C=O) groups is 1. The summed E-state index contributed by atoms with van der Waals surface area (Å²) < 4.78 is 0. The molecule has 84 valence electrons. The summed E-state index contributed by atoms with van der Waals surface area (Å²) in [6.45, 7) is 5.12. The molecule has 0 fully saturated rings. The van der Waals surface area contributed by atoms with Crippen LogP contribution in [0.2, 0.25) is 0 Å². The molecule has 0 aliphatic carbocycles. The van der Waals surface area contributed by atoms with E-state index in [0.717, 1.165) is 11.4 Å². The van der Waals surface area contributed by atoms with E-state index in [0.29, 0.717) is 18.9 Å². The van der Waals surface area contributed by atoms with Crippen molar-refractivity contribution in [2.24, 2.45) is 0 Å². The molecule has 0 saturated carbocycles. The van der Waals surface area contributed by atoms with Crippen molar-refractivity contribution in [1.82, 2.24) is 15.2 Å². The summed E-state index contributed by atoms with van der Waals surface area (Å²) in [4.78, 5) is 18.0. The first-order valence-electron chi connectivity index (χ1n) is 5.29. The lowest BCUT2D eigenvalue weighted by Gasteiger charge is -2.17. The topological polar surface area (TPSA) is 45.2 Å². The number of Topliss-reactive ketones (excluding diaryl/α,β-unsaturated/α-hetero) is 1. The Balaban J connectivity index is 2.04. The van der Waals surface area contributed by atoms with E-state index in [9.17, 15) is 4.79 Å². The molecule has 0 amide bonds. The monoisotopic (exact) mass is 217 g/mol. The highest BCUT2D eigenvalue weighted by Gasteiger charge is 2.19. The molecule has 1 aliphatic rings. The first-order valence-corrected chi connectivity index (χ1v) is 5.29. The van der Waals surface area contributed by atoms with E-state index < -0.39 is 0 Å². The molecule has 1 aliphatic heterocycles. The Hall–Kier alpha value is -1.84. The minimum absolute atomic E-state index is 0.0523. The lowest BCUT2D eigenvalue weighted by molar-refractivity contribution is 0.0947. The van der Waals surface area contributed by atoms with Gasteiger partial charge in [-0.25, -0.2) is 0 Å². The highest BCUT2D eigenvalue weighted by atomic mass is 16.1. The molecule has 2 rings (SSSR count). The predicted molar refractivity (Wildman–Crippen MR) is 61.7 cm³/mol. The van der Waals surface area contributed by atoms with Gasteiger partial charge in [-0.05, 0) is 26.0 Å². The van der Waals surface area contributed by atoms with Gasteiger partial charge in [0.1, 0.15) is 5.69 Å². The van der Waals surface area contributed by atoms with E-state index in [2.05, 4.69) is 10.3 Å². The molecular formula is C12H15N3O. The van der Waals surface area contributed by atoms with Crippen molar-refractivity contribution >= 4 is 5.78 Å². The van der Waals surface area contributed by atoms with Crippen LogP contribution in [0.15, 0.2) is 35.8 Å². The Labute approximate surface area is 95.0 Å². The smallest absolute Gasteiger partial charge is 0.200 e. The van der Waals surface area contributed by atoms with Crippen molar-refractivity contribution in [3.63, 3.8) is 0 Å². The van der Waals surface area contributed by atoms with Gasteiger partial charge in [-0.1, -0.05) is 6.07 Å². The van der Waals surface area contributed by atoms with E-state index in [4.69, 9.17) is 0 Å². The number of allylic oxidation sites excluding steroid dienone is 2. The van der Waals surface area contributed by atoms with E-state index in [1.807, 2.05) is 30.9 Å². The van der Waals surface area contributed by atoms with E-state index in [-0.39, 0.29) is 5.78 Å². The van der Waals surface area contributed by atoms with Gasteiger partial charge in [0, 0.05) is 17.6 Å². The van der Waals surface area contributed by atoms with Crippen molar-refractivity contribution in [2.75, 3.05) is 13.2 Å². The van der Waals surface area contributed by atoms with Gasteiger partial charge in [-0.2, -0.15) is 0 Å². The molecular weight excluding hydrogens is 202 g/mol. The van der Waals surface area contributed by atoms with Crippen molar-refractivity contribution in [1.29, 1.82) is 0 Å². The number of nitrogens with one attached hydrogen (secondary N) is 1. The zero-order chi connectivity index (χ0) is 11.5. The SMILES string of the molecule is CC1=C(C)N(CC(=O)c2ccccn2)CN1. The fraction of sp³-hybridized carbons (Fsp3) is 0.333. The molecule has 1 aromatic heterocycles. The fourth-order valence-corrected chi connectivity index (χ4v) is 1.65. The summed E-state index contributed by atoms with van der Waals surface area (Å²) in [6, 6.07) is 5.39. The maximum absolute atomic E-state index is 11.9. The number of carbonyl (C=O) groups excluding carboxylic acids is 1. The molecule has 0 radical (unpaired) electrons. The Morgan fingerprint density at radius 2 is 2.31 bits per heavy atom. The van der Waals surface area contributed by atoms with Gasteiger partial charge >= 0.3 is 0 Å². The van der Waals surface area contributed by atoms with Crippen LogP contribution >= 0.6 is 0 Å². The summed E-state index contributed by atoms with van der Waals surface area (Å²) in [6.07, 6.45) is 1.64. The highest BCUT2D eigenvalue weighted by Crippen LogP contribution is 2.13. The second kappa shape index (κ2) is 4.35. The van der Waals surface area contributed by atoms with Gasteiger partial charge in [0.05, 0.1) is 13.2 Å². The molecule has 0 aromatic carbocycles. The third kappa shape index (κ3) is 2.05. The molecule has 0 saturated heterocycles. The molecule has 0 unspecified atom stereocenters. The van der Waals surface area contributed by atoms with Gasteiger partial charge in [0.2, 0.25) is 0 Å². The summed E-state index contributed by atoms with van der Waals surface area (Å²) >= 11 is 0. The molecule has 2 heterocycles. The number of pyridine rings is 1. The van der Waals surface area contributed by atoms with Crippen LogP contribution in [0.1, 0.15) is 24.3 Å². The van der Waals surface area contributed by atoms with Crippen molar-refractivity contribution in [3.8, 4) is 0 Å². The summed E-state index contributed by atoms with van der Waals surface area (Å²) in [7, 11) is 0. The number of rotatable bonds is 3. The standard InChI is InChI=1S/C12H15N3O/c1-9-10(2)15(8-14-9)7-12(16)11-5-3-4-6-13-11/h3-6,14H,7-8H2,1-2H3. The molecule has 1 aromatic rings. The Morgan fingerprint density at radius 1 is 1.50 bits per heavy atom. The summed E-state index contributed by atoms with van der Waals surface area (Å²) in [5, 5.41) is 3.21. The largest absolute Gasteiger partial charge is 0.370 e. The maximum atomic E-state index is 11.9. The van der Waals surface area contributed by atoms with Gasteiger partial charge in [0.25, 0.3) is 0 Å². The summed E-state index contributed by atoms with van der Waals surface area (Å²) in [5.41, 5.74) is 2.79. The quantitative estimate of drug-likeness (QED) is 0.777. The molecule has 1 N–H and O–H groups in total. The van der Waals surface area contributed by atoms with Crippen LogP contribution in [0.4, 0.5) is 0 Å². The molecule has 0 atom stereocenters.